The molecule has 0 amide bonds. The van der Waals surface area contributed by atoms with Crippen LogP contribution in [0.3, 0.4) is 0 Å². The van der Waals surface area contributed by atoms with Crippen LogP contribution in [0.25, 0.3) is 44.1 Å². The number of fused-ring (bicyclic) bond motifs is 4. The molecule has 4 aromatic heterocycles. The highest BCUT2D eigenvalue weighted by Crippen LogP contribution is 2.44. The van der Waals surface area contributed by atoms with Gasteiger partial charge in [-0.1, -0.05) is 11.6 Å². The Bertz CT molecular complexity index is 1760. The van der Waals surface area contributed by atoms with E-state index in [1.54, 1.807) is 32.6 Å². The SMILES string of the molecule is CNc1cc(F)c(Cl)c2c1[nH]c1ncc(-c3cnc4c(c3)c(=O)c(C(=O)O)cn4C)c(N(C)C)c12. The number of anilines is 2. The first-order valence-electron chi connectivity index (χ1n) is 10.5. The predicted octanol–water partition coefficient (Wildman–Crippen LogP) is 4.23. The van der Waals surface area contributed by atoms with E-state index < -0.39 is 17.2 Å². The van der Waals surface area contributed by atoms with Crippen molar-refractivity contribution in [3.05, 3.63) is 57.3 Å². The summed E-state index contributed by atoms with van der Waals surface area (Å²) in [6, 6.07) is 2.92. The van der Waals surface area contributed by atoms with Crippen LogP contribution in [0.4, 0.5) is 15.8 Å². The number of hydrogen-bond donors (Lipinski definition) is 3. The van der Waals surface area contributed by atoms with Crippen molar-refractivity contribution >= 4 is 61.9 Å². The molecule has 0 unspecified atom stereocenters. The fourth-order valence-electron chi connectivity index (χ4n) is 4.48. The van der Waals surface area contributed by atoms with E-state index in [1.807, 2.05) is 19.0 Å². The average molecular weight is 495 g/mol. The summed E-state index contributed by atoms with van der Waals surface area (Å²) in [5.74, 6) is -1.89. The molecule has 5 rings (SSSR count). The molecule has 1 aromatic carbocycles. The standard InChI is InChI=1S/C24H20ClFN6O3/c1-27-15-6-14(26)18(25)16-17-20(31(2)3)12(8-28-22(17)30-19(15)16)10-5-11-21(33)13(24(34)35)9-32(4)23(11)29-7-10/h5-9,27H,1-4H3,(H,28,30)(H,34,35). The average Bonchev–Trinajstić information content (AvgIpc) is 3.22. The number of carboxylic acids is 1. The van der Waals surface area contributed by atoms with Crippen LogP contribution in [-0.2, 0) is 7.05 Å². The van der Waals surface area contributed by atoms with Crippen molar-refractivity contribution in [2.24, 2.45) is 7.05 Å². The van der Waals surface area contributed by atoms with Crippen molar-refractivity contribution in [3.63, 3.8) is 0 Å². The van der Waals surface area contributed by atoms with Gasteiger partial charge in [0.05, 0.1) is 32.7 Å². The number of nitrogens with one attached hydrogen (secondary N) is 2. The number of aryl methyl sites for hydroxylation is 1. The number of hydrogen-bond acceptors (Lipinski definition) is 6. The van der Waals surface area contributed by atoms with E-state index in [-0.39, 0.29) is 16.0 Å². The second kappa shape index (κ2) is 7.95. The molecule has 0 atom stereocenters. The molecule has 11 heteroatoms. The number of rotatable bonds is 4. The van der Waals surface area contributed by atoms with Crippen molar-refractivity contribution in [3.8, 4) is 11.1 Å². The minimum absolute atomic E-state index is 0.0381. The second-order valence-electron chi connectivity index (χ2n) is 8.37. The summed E-state index contributed by atoms with van der Waals surface area (Å²) in [4.78, 5) is 38.5. The van der Waals surface area contributed by atoms with Crippen LogP contribution in [0.1, 0.15) is 10.4 Å². The Balaban J connectivity index is 1.90. The van der Waals surface area contributed by atoms with Crippen LogP contribution in [0.15, 0.2) is 35.5 Å². The molecule has 0 spiro atoms. The first-order chi connectivity index (χ1) is 16.6. The van der Waals surface area contributed by atoms with Crippen molar-refractivity contribution in [2.75, 3.05) is 31.4 Å². The maximum atomic E-state index is 14.7. The third kappa shape index (κ3) is 3.28. The molecule has 0 radical (unpaired) electrons. The minimum atomic E-state index is -1.31. The number of H-pyrrole nitrogens is 1. The highest BCUT2D eigenvalue weighted by atomic mass is 35.5. The Morgan fingerprint density at radius 2 is 1.97 bits per heavy atom. The maximum Gasteiger partial charge on any atom is 0.341 e. The normalized spacial score (nSPS) is 11.5. The number of nitrogens with zero attached hydrogens (tertiary/aromatic N) is 4. The van der Waals surface area contributed by atoms with Gasteiger partial charge in [-0.3, -0.25) is 4.79 Å². The van der Waals surface area contributed by atoms with E-state index in [2.05, 4.69) is 20.3 Å². The van der Waals surface area contributed by atoms with Gasteiger partial charge in [0, 0.05) is 69.4 Å². The molecule has 9 nitrogen and oxygen atoms in total. The van der Waals surface area contributed by atoms with Gasteiger partial charge in [-0.05, 0) is 6.07 Å². The largest absolute Gasteiger partial charge is 0.477 e. The third-order valence-corrected chi connectivity index (χ3v) is 6.40. The lowest BCUT2D eigenvalue weighted by Crippen LogP contribution is -2.18. The Kier molecular flexibility index (Phi) is 5.13. The Hall–Kier alpha value is -4.18. The Morgan fingerprint density at radius 3 is 2.63 bits per heavy atom. The quantitative estimate of drug-likeness (QED) is 0.342. The summed E-state index contributed by atoms with van der Waals surface area (Å²) >= 11 is 6.43. The van der Waals surface area contributed by atoms with Crippen LogP contribution in [0.2, 0.25) is 5.02 Å². The zero-order chi connectivity index (χ0) is 25.2. The third-order valence-electron chi connectivity index (χ3n) is 6.04. The van der Waals surface area contributed by atoms with Gasteiger partial charge in [0.15, 0.2) is 0 Å². The topological polar surface area (TPSA) is 116 Å². The van der Waals surface area contributed by atoms with E-state index in [0.29, 0.717) is 50.1 Å². The summed E-state index contributed by atoms with van der Waals surface area (Å²) in [5.41, 5.74) is 2.87. The molecular weight excluding hydrogens is 475 g/mol. The van der Waals surface area contributed by atoms with Crippen LogP contribution in [-0.4, -0.2) is 51.7 Å². The number of benzene rings is 1. The molecule has 4 heterocycles. The molecular formula is C24H20ClFN6O3. The molecule has 178 valence electrons. The zero-order valence-corrected chi connectivity index (χ0v) is 20.0. The molecule has 3 N–H and O–H groups in total. The summed E-state index contributed by atoms with van der Waals surface area (Å²) < 4.78 is 16.2. The first-order valence-corrected chi connectivity index (χ1v) is 10.9. The fourth-order valence-corrected chi connectivity index (χ4v) is 4.72. The molecule has 5 aromatic rings. The summed E-state index contributed by atoms with van der Waals surface area (Å²) in [7, 11) is 6.98. The minimum Gasteiger partial charge on any atom is -0.477 e. The van der Waals surface area contributed by atoms with Crippen LogP contribution < -0.4 is 15.6 Å². The summed E-state index contributed by atoms with van der Waals surface area (Å²) in [5, 5.41) is 13.6. The molecule has 0 aliphatic carbocycles. The van der Waals surface area contributed by atoms with Gasteiger partial charge < -0.3 is 24.9 Å². The lowest BCUT2D eigenvalue weighted by molar-refractivity contribution is 0.0695. The number of pyridine rings is 3. The Labute approximate surface area is 202 Å². The van der Waals surface area contributed by atoms with E-state index >= 15 is 0 Å². The lowest BCUT2D eigenvalue weighted by Gasteiger charge is -2.19. The fraction of sp³-hybridized carbons (Fsp3) is 0.167. The van der Waals surface area contributed by atoms with Gasteiger partial charge >= 0.3 is 5.97 Å². The first kappa shape index (κ1) is 22.6. The van der Waals surface area contributed by atoms with Gasteiger partial charge in [0.2, 0.25) is 5.43 Å². The number of aromatic nitrogens is 4. The van der Waals surface area contributed by atoms with Gasteiger partial charge in [-0.2, -0.15) is 0 Å². The monoisotopic (exact) mass is 494 g/mol. The number of aromatic carboxylic acids is 1. The molecule has 0 saturated heterocycles. The molecule has 0 saturated carbocycles. The highest BCUT2D eigenvalue weighted by molar-refractivity contribution is 6.39. The van der Waals surface area contributed by atoms with Crippen molar-refractivity contribution < 1.29 is 14.3 Å². The van der Waals surface area contributed by atoms with Gasteiger partial charge in [0.1, 0.15) is 22.7 Å². The number of aromatic amines is 1. The maximum absolute atomic E-state index is 14.7. The van der Waals surface area contributed by atoms with Crippen LogP contribution in [0.5, 0.6) is 0 Å². The number of carboxylic acid groups (broad SMARTS) is 1. The number of carbonyl (C=O) groups is 1. The predicted molar refractivity (Wildman–Crippen MR) is 135 cm³/mol. The van der Waals surface area contributed by atoms with Crippen molar-refractivity contribution in [1.29, 1.82) is 0 Å². The van der Waals surface area contributed by atoms with E-state index in [1.165, 1.54) is 16.8 Å². The number of halogens is 2. The summed E-state index contributed by atoms with van der Waals surface area (Å²) in [6.07, 6.45) is 4.47. The van der Waals surface area contributed by atoms with Gasteiger partial charge in [-0.25, -0.2) is 19.2 Å². The molecule has 0 bridgehead atoms. The zero-order valence-electron chi connectivity index (χ0n) is 19.2. The van der Waals surface area contributed by atoms with Gasteiger partial charge in [-0.15, -0.1) is 0 Å². The summed E-state index contributed by atoms with van der Waals surface area (Å²) in [6.45, 7) is 0. The Morgan fingerprint density at radius 1 is 1.23 bits per heavy atom. The van der Waals surface area contributed by atoms with E-state index in [4.69, 9.17) is 11.6 Å². The molecule has 0 aliphatic rings. The highest BCUT2D eigenvalue weighted by Gasteiger charge is 2.23. The van der Waals surface area contributed by atoms with Crippen molar-refractivity contribution in [1.82, 2.24) is 19.5 Å². The molecule has 35 heavy (non-hydrogen) atoms. The molecule has 0 aliphatic heterocycles. The smallest absolute Gasteiger partial charge is 0.341 e. The van der Waals surface area contributed by atoms with E-state index in [9.17, 15) is 19.1 Å². The van der Waals surface area contributed by atoms with Crippen LogP contribution >= 0.6 is 11.6 Å². The van der Waals surface area contributed by atoms with Crippen LogP contribution in [0, 0.1) is 5.82 Å². The molecule has 0 fully saturated rings. The second-order valence-corrected chi connectivity index (χ2v) is 8.74. The van der Waals surface area contributed by atoms with E-state index in [0.717, 1.165) is 0 Å². The van der Waals surface area contributed by atoms with Crippen molar-refractivity contribution in [2.45, 2.75) is 0 Å². The van der Waals surface area contributed by atoms with Gasteiger partial charge in [0.25, 0.3) is 0 Å². The lowest BCUT2D eigenvalue weighted by atomic mass is 10.0.